The number of carbonyl (C=O) groups is 1. The minimum absolute atomic E-state index is 0.110. The topological polar surface area (TPSA) is 131 Å². The van der Waals surface area contributed by atoms with Crippen LogP contribution in [0.2, 0.25) is 0 Å². The fourth-order valence-electron chi connectivity index (χ4n) is 2.28. The second-order valence-corrected chi connectivity index (χ2v) is 5.21. The Balaban J connectivity index is 2.29. The Labute approximate surface area is 153 Å². The first-order chi connectivity index (χ1) is 12.9. The average molecular weight is 376 g/mol. The number of ether oxygens (including phenoxy) is 3. The summed E-state index contributed by atoms with van der Waals surface area (Å²) in [7, 11) is 1.32. The number of nitro groups is 2. The predicted octanol–water partition coefficient (Wildman–Crippen LogP) is 3.27. The van der Waals surface area contributed by atoms with Crippen molar-refractivity contribution in [1.82, 2.24) is 0 Å². The van der Waals surface area contributed by atoms with Crippen LogP contribution in [0.5, 0.6) is 11.5 Å². The van der Waals surface area contributed by atoms with Crippen molar-refractivity contribution in [3.05, 3.63) is 67.8 Å². The normalized spacial score (nSPS) is 10.1. The average Bonchev–Trinajstić information content (AvgIpc) is 2.66. The van der Waals surface area contributed by atoms with Gasteiger partial charge in [0, 0.05) is 18.2 Å². The molecule has 2 rings (SSSR count). The second kappa shape index (κ2) is 8.61. The number of methoxy groups -OCH3 is 1. The third kappa shape index (κ3) is 4.69. The number of rotatable bonds is 8. The lowest BCUT2D eigenvalue weighted by Gasteiger charge is -2.11. The van der Waals surface area contributed by atoms with Crippen LogP contribution in [0.15, 0.2) is 36.4 Å². The van der Waals surface area contributed by atoms with Crippen LogP contribution in [0.25, 0.3) is 0 Å². The zero-order valence-electron chi connectivity index (χ0n) is 14.5. The molecule has 0 aliphatic carbocycles. The number of benzene rings is 2. The van der Waals surface area contributed by atoms with Gasteiger partial charge >= 0.3 is 5.97 Å². The molecule has 0 N–H and O–H groups in total. The zero-order valence-corrected chi connectivity index (χ0v) is 14.5. The van der Waals surface area contributed by atoms with Crippen molar-refractivity contribution in [3.63, 3.8) is 0 Å². The quantitative estimate of drug-likeness (QED) is 0.390. The number of hydrogen-bond acceptors (Lipinski definition) is 8. The highest BCUT2D eigenvalue weighted by atomic mass is 16.6. The van der Waals surface area contributed by atoms with Gasteiger partial charge in [0.2, 0.25) is 0 Å². The summed E-state index contributed by atoms with van der Waals surface area (Å²) < 4.78 is 15.5. The molecule has 2 aromatic rings. The van der Waals surface area contributed by atoms with Crippen molar-refractivity contribution >= 4 is 17.3 Å². The van der Waals surface area contributed by atoms with Gasteiger partial charge in [0.15, 0.2) is 11.5 Å². The molecule has 0 bridgehead atoms. The summed E-state index contributed by atoms with van der Waals surface area (Å²) in [4.78, 5) is 33.1. The number of nitro benzene ring substituents is 2. The molecule has 0 amide bonds. The van der Waals surface area contributed by atoms with E-state index in [1.807, 2.05) is 0 Å². The molecule has 142 valence electrons. The monoisotopic (exact) mass is 376 g/mol. The van der Waals surface area contributed by atoms with E-state index in [1.165, 1.54) is 37.4 Å². The molecule has 0 aromatic heterocycles. The number of nitrogens with zero attached hydrogens (tertiary/aromatic N) is 2. The maximum atomic E-state index is 12.4. The van der Waals surface area contributed by atoms with Gasteiger partial charge in [-0.2, -0.15) is 0 Å². The van der Waals surface area contributed by atoms with Gasteiger partial charge in [0.1, 0.15) is 12.2 Å². The van der Waals surface area contributed by atoms with E-state index in [-0.39, 0.29) is 36.0 Å². The van der Waals surface area contributed by atoms with Gasteiger partial charge in [-0.05, 0) is 12.5 Å². The third-order valence-corrected chi connectivity index (χ3v) is 3.49. The summed E-state index contributed by atoms with van der Waals surface area (Å²) in [5.41, 5.74) is -0.592. The number of hydrogen-bond donors (Lipinski definition) is 0. The summed E-state index contributed by atoms with van der Waals surface area (Å²) in [5, 5.41) is 22.1. The van der Waals surface area contributed by atoms with E-state index in [1.54, 1.807) is 6.92 Å². The molecule has 0 heterocycles. The molecule has 0 unspecified atom stereocenters. The molecule has 27 heavy (non-hydrogen) atoms. The van der Waals surface area contributed by atoms with Crippen molar-refractivity contribution in [1.29, 1.82) is 0 Å². The molecular formula is C17H16N2O8. The summed E-state index contributed by atoms with van der Waals surface area (Å²) in [5.74, 6) is -0.691. The fourth-order valence-corrected chi connectivity index (χ4v) is 2.28. The van der Waals surface area contributed by atoms with E-state index < -0.39 is 21.5 Å². The fraction of sp³-hybridized carbons (Fsp3) is 0.235. The molecule has 10 nitrogen and oxygen atoms in total. The lowest BCUT2D eigenvalue weighted by atomic mass is 10.1. The van der Waals surface area contributed by atoms with Crippen molar-refractivity contribution in [2.75, 3.05) is 13.7 Å². The minimum atomic E-state index is -0.961. The lowest BCUT2D eigenvalue weighted by molar-refractivity contribution is -0.385. The number of non-ortho nitro benzene ring substituents is 1. The first kappa shape index (κ1) is 19.6. The van der Waals surface area contributed by atoms with Crippen LogP contribution < -0.4 is 9.47 Å². The van der Waals surface area contributed by atoms with Crippen molar-refractivity contribution < 1.29 is 28.9 Å². The van der Waals surface area contributed by atoms with Gasteiger partial charge in [-0.15, -0.1) is 0 Å². The van der Waals surface area contributed by atoms with Gasteiger partial charge in [-0.25, -0.2) is 4.79 Å². The van der Waals surface area contributed by atoms with E-state index in [0.717, 1.165) is 6.07 Å². The highest BCUT2D eigenvalue weighted by Gasteiger charge is 2.26. The SMILES string of the molecule is CCOc1cc(C(=O)OCc2cccc([N+](=O)[O-])c2)c([N+](=O)[O-])cc1OC. The molecule has 0 spiro atoms. The van der Waals surface area contributed by atoms with E-state index >= 15 is 0 Å². The van der Waals surface area contributed by atoms with Gasteiger partial charge in [-0.1, -0.05) is 12.1 Å². The van der Waals surface area contributed by atoms with Gasteiger partial charge in [-0.3, -0.25) is 20.2 Å². The predicted molar refractivity (Wildman–Crippen MR) is 93.0 cm³/mol. The van der Waals surface area contributed by atoms with E-state index in [4.69, 9.17) is 14.2 Å². The van der Waals surface area contributed by atoms with Gasteiger partial charge < -0.3 is 14.2 Å². The van der Waals surface area contributed by atoms with Crippen LogP contribution in [0.4, 0.5) is 11.4 Å². The van der Waals surface area contributed by atoms with Crippen LogP contribution >= 0.6 is 0 Å². The molecule has 0 aliphatic heterocycles. The Morgan fingerprint density at radius 2 is 1.81 bits per heavy atom. The van der Waals surface area contributed by atoms with Crippen LogP contribution in [-0.2, 0) is 11.3 Å². The standard InChI is InChI=1S/C17H16N2O8/c1-3-26-16-8-13(14(19(23)24)9-15(16)25-2)17(20)27-10-11-5-4-6-12(7-11)18(21)22/h4-9H,3,10H2,1-2H3. The van der Waals surface area contributed by atoms with Gasteiger partial charge in [0.05, 0.1) is 29.6 Å². The Hall–Kier alpha value is -3.69. The number of esters is 1. The molecule has 0 saturated heterocycles. The first-order valence-corrected chi connectivity index (χ1v) is 7.77. The van der Waals surface area contributed by atoms with E-state index in [9.17, 15) is 25.0 Å². The van der Waals surface area contributed by atoms with Crippen LogP contribution in [0, 0.1) is 20.2 Å². The minimum Gasteiger partial charge on any atom is -0.493 e. The van der Waals surface area contributed by atoms with E-state index in [0.29, 0.717) is 5.56 Å². The summed E-state index contributed by atoms with van der Waals surface area (Å²) in [6, 6.07) is 7.79. The van der Waals surface area contributed by atoms with Crippen molar-refractivity contribution in [3.8, 4) is 11.5 Å². The molecule has 0 fully saturated rings. The summed E-state index contributed by atoms with van der Waals surface area (Å²) in [6.07, 6.45) is 0. The molecule has 0 radical (unpaired) electrons. The maximum Gasteiger partial charge on any atom is 0.345 e. The van der Waals surface area contributed by atoms with Crippen LogP contribution in [0.3, 0.4) is 0 Å². The van der Waals surface area contributed by atoms with Crippen LogP contribution in [0.1, 0.15) is 22.8 Å². The largest absolute Gasteiger partial charge is 0.493 e. The number of carbonyl (C=O) groups excluding carboxylic acids is 1. The highest BCUT2D eigenvalue weighted by Crippen LogP contribution is 2.35. The Bertz CT molecular complexity index is 881. The molecule has 0 atom stereocenters. The first-order valence-electron chi connectivity index (χ1n) is 7.77. The Morgan fingerprint density at radius 1 is 1.07 bits per heavy atom. The second-order valence-electron chi connectivity index (χ2n) is 5.21. The molecule has 2 aromatic carbocycles. The smallest absolute Gasteiger partial charge is 0.345 e. The molecule has 0 aliphatic rings. The summed E-state index contributed by atoms with van der Waals surface area (Å²) >= 11 is 0. The highest BCUT2D eigenvalue weighted by molar-refractivity contribution is 5.95. The van der Waals surface area contributed by atoms with Crippen molar-refractivity contribution in [2.24, 2.45) is 0 Å². The molecular weight excluding hydrogens is 360 g/mol. The van der Waals surface area contributed by atoms with Crippen LogP contribution in [-0.4, -0.2) is 29.5 Å². The third-order valence-electron chi connectivity index (χ3n) is 3.49. The Morgan fingerprint density at radius 3 is 2.41 bits per heavy atom. The lowest BCUT2D eigenvalue weighted by Crippen LogP contribution is -2.10. The van der Waals surface area contributed by atoms with E-state index in [2.05, 4.69) is 0 Å². The summed E-state index contributed by atoms with van der Waals surface area (Å²) in [6.45, 7) is 1.69. The molecule has 0 saturated carbocycles. The molecule has 10 heteroatoms. The van der Waals surface area contributed by atoms with Gasteiger partial charge in [0.25, 0.3) is 11.4 Å². The van der Waals surface area contributed by atoms with Crippen molar-refractivity contribution in [2.45, 2.75) is 13.5 Å². The zero-order chi connectivity index (χ0) is 20.0. The Kier molecular flexibility index (Phi) is 6.26. The maximum absolute atomic E-state index is 12.4.